The van der Waals surface area contributed by atoms with E-state index in [-0.39, 0.29) is 5.69 Å². The summed E-state index contributed by atoms with van der Waals surface area (Å²) in [5.41, 5.74) is 1.46. The number of hydrogen-bond acceptors (Lipinski definition) is 6. The maximum Gasteiger partial charge on any atom is 0.281 e. The van der Waals surface area contributed by atoms with Crippen molar-refractivity contribution in [2.24, 2.45) is 0 Å². The maximum atomic E-state index is 12.8. The topological polar surface area (TPSA) is 80.1 Å². The van der Waals surface area contributed by atoms with Crippen LogP contribution in [0.4, 0.5) is 5.13 Å². The zero-order valence-corrected chi connectivity index (χ0v) is 18.2. The van der Waals surface area contributed by atoms with Crippen LogP contribution in [0.25, 0.3) is 5.69 Å². The zero-order chi connectivity index (χ0) is 21.1. The van der Waals surface area contributed by atoms with Gasteiger partial charge in [0.2, 0.25) is 5.43 Å². The molecule has 0 aliphatic carbocycles. The number of carbonyl (C=O) groups is 1. The van der Waals surface area contributed by atoms with Gasteiger partial charge in [-0.3, -0.25) is 19.8 Å². The number of para-hydroxylation sites is 1. The number of halogens is 1. The fraction of sp³-hybridized carbons (Fsp3) is 0.333. The predicted molar refractivity (Wildman–Crippen MR) is 119 cm³/mol. The molecule has 3 aromatic rings. The lowest BCUT2D eigenvalue weighted by atomic mass is 10.1. The van der Waals surface area contributed by atoms with Crippen molar-refractivity contribution in [2.75, 3.05) is 18.4 Å². The van der Waals surface area contributed by atoms with E-state index in [4.69, 9.17) is 11.6 Å². The number of hydrogen-bond donors (Lipinski definition) is 1. The first-order valence-corrected chi connectivity index (χ1v) is 11.1. The van der Waals surface area contributed by atoms with E-state index < -0.39 is 11.3 Å². The van der Waals surface area contributed by atoms with Crippen LogP contribution in [0.15, 0.2) is 40.5 Å². The number of carbonyl (C=O) groups excluding carboxylic acids is 1. The first-order chi connectivity index (χ1) is 14.5. The Morgan fingerprint density at radius 3 is 2.77 bits per heavy atom. The minimum atomic E-state index is -0.584. The zero-order valence-electron chi connectivity index (χ0n) is 16.6. The SMILES string of the molecule is Cc1cc(=O)c(C(=O)Nc2nc(CN3CCCCC3)cs2)nn1-c1ccccc1Cl. The third-order valence-electron chi connectivity index (χ3n) is 5.01. The van der Waals surface area contributed by atoms with Gasteiger partial charge in [-0.25, -0.2) is 9.67 Å². The van der Waals surface area contributed by atoms with Gasteiger partial charge in [-0.05, 0) is 45.0 Å². The first-order valence-electron chi connectivity index (χ1n) is 9.85. The Labute approximate surface area is 183 Å². The number of benzene rings is 1. The number of amides is 1. The molecule has 0 bridgehead atoms. The molecular weight excluding hydrogens is 422 g/mol. The number of aryl methyl sites for hydroxylation is 1. The summed E-state index contributed by atoms with van der Waals surface area (Å²) in [6, 6.07) is 8.52. The number of likely N-dealkylation sites (tertiary alicyclic amines) is 1. The first kappa shape index (κ1) is 20.7. The van der Waals surface area contributed by atoms with Crippen LogP contribution in [0.5, 0.6) is 0 Å². The highest BCUT2D eigenvalue weighted by atomic mass is 35.5. The minimum Gasteiger partial charge on any atom is -0.297 e. The number of rotatable bonds is 5. The molecule has 0 unspecified atom stereocenters. The summed E-state index contributed by atoms with van der Waals surface area (Å²) in [6.07, 6.45) is 3.71. The van der Waals surface area contributed by atoms with Crippen LogP contribution < -0.4 is 10.7 Å². The van der Waals surface area contributed by atoms with E-state index in [0.29, 0.717) is 21.5 Å². The van der Waals surface area contributed by atoms with Crippen LogP contribution in [0, 0.1) is 6.92 Å². The van der Waals surface area contributed by atoms with Gasteiger partial charge in [-0.15, -0.1) is 11.3 Å². The molecule has 1 N–H and O–H groups in total. The largest absolute Gasteiger partial charge is 0.297 e. The van der Waals surface area contributed by atoms with Crippen molar-refractivity contribution < 1.29 is 4.79 Å². The molecule has 2 aromatic heterocycles. The Balaban J connectivity index is 1.53. The fourth-order valence-electron chi connectivity index (χ4n) is 3.51. The Bertz CT molecular complexity index is 1120. The molecule has 156 valence electrons. The van der Waals surface area contributed by atoms with Gasteiger partial charge in [0.15, 0.2) is 10.8 Å². The summed E-state index contributed by atoms with van der Waals surface area (Å²) in [6.45, 7) is 4.67. The van der Waals surface area contributed by atoms with Crippen molar-refractivity contribution >= 4 is 34.0 Å². The molecule has 0 saturated carbocycles. The fourth-order valence-corrected chi connectivity index (χ4v) is 4.42. The second kappa shape index (κ2) is 9.07. The van der Waals surface area contributed by atoms with Crippen LogP contribution in [-0.4, -0.2) is 38.7 Å². The second-order valence-electron chi connectivity index (χ2n) is 7.30. The van der Waals surface area contributed by atoms with E-state index in [2.05, 4.69) is 20.3 Å². The Hall–Kier alpha value is -2.55. The number of aromatic nitrogens is 3. The lowest BCUT2D eigenvalue weighted by Crippen LogP contribution is -2.29. The molecule has 3 heterocycles. The number of anilines is 1. The molecule has 4 rings (SSSR count). The van der Waals surface area contributed by atoms with Crippen molar-refractivity contribution in [1.29, 1.82) is 0 Å². The van der Waals surface area contributed by atoms with Gasteiger partial charge in [0.1, 0.15) is 0 Å². The second-order valence-corrected chi connectivity index (χ2v) is 8.56. The molecule has 1 amide bonds. The minimum absolute atomic E-state index is 0.201. The van der Waals surface area contributed by atoms with Gasteiger partial charge in [0, 0.05) is 23.7 Å². The smallest absolute Gasteiger partial charge is 0.281 e. The van der Waals surface area contributed by atoms with Crippen LogP contribution >= 0.6 is 22.9 Å². The molecule has 0 atom stereocenters. The van der Waals surface area contributed by atoms with E-state index >= 15 is 0 Å². The van der Waals surface area contributed by atoms with Gasteiger partial charge in [-0.2, -0.15) is 5.10 Å². The molecule has 1 saturated heterocycles. The van der Waals surface area contributed by atoms with Crippen molar-refractivity contribution in [3.05, 3.63) is 68.0 Å². The van der Waals surface area contributed by atoms with E-state index in [1.165, 1.54) is 41.3 Å². The Morgan fingerprint density at radius 1 is 1.23 bits per heavy atom. The summed E-state index contributed by atoms with van der Waals surface area (Å²) in [7, 11) is 0. The number of nitrogens with zero attached hydrogens (tertiary/aromatic N) is 4. The molecule has 9 heteroatoms. The lowest BCUT2D eigenvalue weighted by Gasteiger charge is -2.25. The standard InChI is InChI=1S/C21H22ClN5O2S/c1-14-11-18(28)19(25-27(14)17-8-4-3-7-16(17)22)20(29)24-21-23-15(13-30-21)12-26-9-5-2-6-10-26/h3-4,7-8,11,13H,2,5-6,9-10,12H2,1H3,(H,23,24,29). The molecule has 1 aliphatic rings. The van der Waals surface area contributed by atoms with Crippen molar-refractivity contribution in [3.8, 4) is 5.69 Å². The van der Waals surface area contributed by atoms with E-state index in [0.717, 1.165) is 25.3 Å². The number of piperidine rings is 1. The van der Waals surface area contributed by atoms with E-state index in [1.54, 1.807) is 25.1 Å². The average molecular weight is 444 g/mol. The molecule has 1 fully saturated rings. The van der Waals surface area contributed by atoms with Crippen molar-refractivity contribution in [2.45, 2.75) is 32.7 Å². The average Bonchev–Trinajstić information content (AvgIpc) is 3.16. The molecule has 1 aliphatic heterocycles. The van der Waals surface area contributed by atoms with Gasteiger partial charge < -0.3 is 0 Å². The molecule has 0 spiro atoms. The lowest BCUT2D eigenvalue weighted by molar-refractivity contribution is 0.101. The van der Waals surface area contributed by atoms with Crippen LogP contribution in [0.1, 0.15) is 41.1 Å². The van der Waals surface area contributed by atoms with Crippen LogP contribution in [-0.2, 0) is 6.54 Å². The van der Waals surface area contributed by atoms with Gasteiger partial charge in [0.05, 0.1) is 16.4 Å². The summed E-state index contributed by atoms with van der Waals surface area (Å²) in [4.78, 5) is 32.0. The van der Waals surface area contributed by atoms with E-state index in [1.807, 2.05) is 11.4 Å². The van der Waals surface area contributed by atoms with Crippen LogP contribution in [0.2, 0.25) is 5.02 Å². The number of thiazole rings is 1. The van der Waals surface area contributed by atoms with Gasteiger partial charge in [0.25, 0.3) is 5.91 Å². The predicted octanol–water partition coefficient (Wildman–Crippen LogP) is 3.89. The molecular formula is C21H22ClN5O2S. The molecule has 7 nitrogen and oxygen atoms in total. The Morgan fingerprint density at radius 2 is 2.00 bits per heavy atom. The van der Waals surface area contributed by atoms with Gasteiger partial charge in [-0.1, -0.05) is 30.2 Å². The third kappa shape index (κ3) is 4.61. The quantitative estimate of drug-likeness (QED) is 0.647. The molecule has 1 aromatic carbocycles. The highest BCUT2D eigenvalue weighted by Gasteiger charge is 2.18. The van der Waals surface area contributed by atoms with Gasteiger partial charge >= 0.3 is 0 Å². The third-order valence-corrected chi connectivity index (χ3v) is 6.14. The number of nitrogens with one attached hydrogen (secondary N) is 1. The van der Waals surface area contributed by atoms with Crippen LogP contribution in [0.3, 0.4) is 0 Å². The normalized spacial score (nSPS) is 14.6. The summed E-state index contributed by atoms with van der Waals surface area (Å²) >= 11 is 7.61. The maximum absolute atomic E-state index is 12.8. The van der Waals surface area contributed by atoms with E-state index in [9.17, 15) is 9.59 Å². The summed E-state index contributed by atoms with van der Waals surface area (Å²) < 4.78 is 1.50. The molecule has 30 heavy (non-hydrogen) atoms. The highest BCUT2D eigenvalue weighted by molar-refractivity contribution is 7.13. The van der Waals surface area contributed by atoms with Crippen molar-refractivity contribution in [1.82, 2.24) is 19.7 Å². The Kier molecular flexibility index (Phi) is 6.26. The summed E-state index contributed by atoms with van der Waals surface area (Å²) in [5.74, 6) is -0.584. The summed E-state index contributed by atoms with van der Waals surface area (Å²) in [5, 5.41) is 9.86. The highest BCUT2D eigenvalue weighted by Crippen LogP contribution is 2.21. The monoisotopic (exact) mass is 443 g/mol. The van der Waals surface area contributed by atoms with Crippen molar-refractivity contribution in [3.63, 3.8) is 0 Å². The molecule has 0 radical (unpaired) electrons.